The van der Waals surface area contributed by atoms with Crippen molar-refractivity contribution in [2.75, 3.05) is 5.32 Å². The van der Waals surface area contributed by atoms with Gasteiger partial charge < -0.3 is 10.3 Å². The molecule has 0 saturated carbocycles. The van der Waals surface area contributed by atoms with Gasteiger partial charge in [-0.3, -0.25) is 4.79 Å². The van der Waals surface area contributed by atoms with E-state index in [0.717, 1.165) is 12.0 Å². The number of aromatic amines is 1. The maximum Gasteiger partial charge on any atom is 0.449 e. The number of fused-ring (bicyclic) bond motifs is 1. The number of hydrogen-bond donors (Lipinski definition) is 2. The Morgan fingerprint density at radius 2 is 1.88 bits per heavy atom. The van der Waals surface area contributed by atoms with Crippen LogP contribution in [0.5, 0.6) is 0 Å². The summed E-state index contributed by atoms with van der Waals surface area (Å²) in [7, 11) is 0. The van der Waals surface area contributed by atoms with E-state index in [1.807, 2.05) is 19.1 Å². The normalized spacial score (nSPS) is 11.7. The summed E-state index contributed by atoms with van der Waals surface area (Å²) in [6.07, 6.45) is -3.66. The zero-order valence-electron chi connectivity index (χ0n) is 12.7. The summed E-state index contributed by atoms with van der Waals surface area (Å²) in [5, 5.41) is 2.72. The average molecular weight is 333 g/mol. The highest BCUT2D eigenvalue weighted by Gasteiger charge is 2.34. The number of nitrogens with one attached hydrogen (secondary N) is 2. The lowest BCUT2D eigenvalue weighted by Gasteiger charge is -2.06. The zero-order chi connectivity index (χ0) is 17.3. The summed E-state index contributed by atoms with van der Waals surface area (Å²) in [5.74, 6) is -1.48. The quantitative estimate of drug-likeness (QED) is 0.746. The van der Waals surface area contributed by atoms with Gasteiger partial charge in [0, 0.05) is 11.3 Å². The minimum absolute atomic E-state index is 0.158. The summed E-state index contributed by atoms with van der Waals surface area (Å²) in [4.78, 5) is 17.9. The summed E-state index contributed by atoms with van der Waals surface area (Å²) < 4.78 is 38.0. The van der Waals surface area contributed by atoms with E-state index >= 15 is 0 Å². The van der Waals surface area contributed by atoms with E-state index < -0.39 is 17.9 Å². The number of aromatic nitrogens is 2. The number of carbonyl (C=O) groups is 1. The van der Waals surface area contributed by atoms with Crippen molar-refractivity contribution in [3.05, 3.63) is 59.4 Å². The molecule has 0 spiro atoms. The van der Waals surface area contributed by atoms with Crippen LogP contribution in [0.1, 0.15) is 28.7 Å². The fourth-order valence-electron chi connectivity index (χ4n) is 2.31. The number of carbonyl (C=O) groups excluding carboxylic acids is 1. The predicted octanol–water partition coefficient (Wildman–Crippen LogP) is 4.40. The second kappa shape index (κ2) is 5.99. The van der Waals surface area contributed by atoms with E-state index in [0.29, 0.717) is 5.69 Å². The van der Waals surface area contributed by atoms with Crippen molar-refractivity contribution < 1.29 is 18.0 Å². The topological polar surface area (TPSA) is 57.8 Å². The van der Waals surface area contributed by atoms with Crippen LogP contribution in [0.25, 0.3) is 11.0 Å². The molecule has 24 heavy (non-hydrogen) atoms. The van der Waals surface area contributed by atoms with Crippen molar-refractivity contribution in [3.63, 3.8) is 0 Å². The molecule has 0 unspecified atom stereocenters. The molecular formula is C17H14F3N3O. The Bertz CT molecular complexity index is 882. The molecule has 7 heteroatoms. The van der Waals surface area contributed by atoms with Gasteiger partial charge in [-0.2, -0.15) is 13.2 Å². The van der Waals surface area contributed by atoms with Gasteiger partial charge in [0.05, 0.1) is 11.0 Å². The molecule has 3 aromatic rings. The van der Waals surface area contributed by atoms with Gasteiger partial charge in [-0.15, -0.1) is 0 Å². The van der Waals surface area contributed by atoms with Crippen LogP contribution in [0.2, 0.25) is 0 Å². The molecule has 0 aliphatic rings. The lowest BCUT2D eigenvalue weighted by atomic mass is 10.1. The number of H-pyrrole nitrogens is 1. The molecule has 0 radical (unpaired) electrons. The molecule has 3 rings (SSSR count). The molecule has 0 saturated heterocycles. The third-order valence-corrected chi connectivity index (χ3v) is 3.63. The molecule has 0 aliphatic carbocycles. The number of anilines is 1. The molecule has 0 bridgehead atoms. The van der Waals surface area contributed by atoms with Crippen molar-refractivity contribution in [2.24, 2.45) is 0 Å². The molecule has 0 atom stereocenters. The second-order valence-corrected chi connectivity index (χ2v) is 5.32. The highest BCUT2D eigenvalue weighted by Crippen LogP contribution is 2.28. The summed E-state index contributed by atoms with van der Waals surface area (Å²) in [6, 6.07) is 11.6. The third-order valence-electron chi connectivity index (χ3n) is 3.63. The molecule has 4 nitrogen and oxygen atoms in total. The Labute approximate surface area is 135 Å². The van der Waals surface area contributed by atoms with E-state index in [1.54, 1.807) is 12.1 Å². The predicted molar refractivity (Wildman–Crippen MR) is 84.9 cm³/mol. The minimum atomic E-state index is -4.55. The number of imidazole rings is 1. The fraction of sp³-hybridized carbons (Fsp3) is 0.176. The van der Waals surface area contributed by atoms with Gasteiger partial charge in [0.25, 0.3) is 5.91 Å². The number of aryl methyl sites for hydroxylation is 1. The van der Waals surface area contributed by atoms with Gasteiger partial charge in [-0.1, -0.05) is 19.1 Å². The first kappa shape index (κ1) is 16.0. The highest BCUT2D eigenvalue weighted by molar-refractivity contribution is 6.05. The van der Waals surface area contributed by atoms with Crippen molar-refractivity contribution in [2.45, 2.75) is 19.5 Å². The van der Waals surface area contributed by atoms with Crippen molar-refractivity contribution in [1.82, 2.24) is 9.97 Å². The molecular weight excluding hydrogens is 319 g/mol. The number of halogens is 3. The van der Waals surface area contributed by atoms with Crippen molar-refractivity contribution in [3.8, 4) is 0 Å². The smallest absolute Gasteiger partial charge is 0.334 e. The van der Waals surface area contributed by atoms with Crippen LogP contribution in [0, 0.1) is 0 Å². The largest absolute Gasteiger partial charge is 0.449 e. The first-order valence-electron chi connectivity index (χ1n) is 7.34. The standard InChI is InChI=1S/C17H14F3N3O/c1-2-10-3-6-12(7-4-10)21-15(24)11-5-8-13-14(9-11)23-16(22-13)17(18,19)20/h3-9H,2H2,1H3,(H,21,24)(H,22,23). The summed E-state index contributed by atoms with van der Waals surface area (Å²) >= 11 is 0. The first-order chi connectivity index (χ1) is 11.4. The Hall–Kier alpha value is -2.83. The maximum atomic E-state index is 12.7. The van der Waals surface area contributed by atoms with Crippen LogP contribution in [0.4, 0.5) is 18.9 Å². The van der Waals surface area contributed by atoms with E-state index in [9.17, 15) is 18.0 Å². The summed E-state index contributed by atoms with van der Waals surface area (Å²) in [6.45, 7) is 2.03. The third kappa shape index (κ3) is 3.24. The minimum Gasteiger partial charge on any atom is -0.334 e. The van der Waals surface area contributed by atoms with Crippen LogP contribution in [-0.2, 0) is 12.6 Å². The molecule has 124 valence electrons. The van der Waals surface area contributed by atoms with Gasteiger partial charge >= 0.3 is 6.18 Å². The number of rotatable bonds is 3. The van der Waals surface area contributed by atoms with Gasteiger partial charge in [0.1, 0.15) is 0 Å². The summed E-state index contributed by atoms with van der Waals surface area (Å²) in [5.41, 5.74) is 2.34. The molecule has 1 heterocycles. The second-order valence-electron chi connectivity index (χ2n) is 5.32. The molecule has 1 amide bonds. The number of nitrogens with zero attached hydrogens (tertiary/aromatic N) is 1. The number of hydrogen-bond acceptors (Lipinski definition) is 2. The monoisotopic (exact) mass is 333 g/mol. The Balaban J connectivity index is 1.83. The van der Waals surface area contributed by atoms with Crippen LogP contribution >= 0.6 is 0 Å². The number of alkyl halides is 3. The first-order valence-corrected chi connectivity index (χ1v) is 7.34. The van der Waals surface area contributed by atoms with Gasteiger partial charge in [0.2, 0.25) is 5.82 Å². The molecule has 0 aliphatic heterocycles. The van der Waals surface area contributed by atoms with Gasteiger partial charge in [-0.05, 0) is 42.3 Å². The fourth-order valence-corrected chi connectivity index (χ4v) is 2.31. The van der Waals surface area contributed by atoms with Crippen LogP contribution < -0.4 is 5.32 Å². The van der Waals surface area contributed by atoms with Crippen molar-refractivity contribution in [1.29, 1.82) is 0 Å². The molecule has 2 N–H and O–H groups in total. The SMILES string of the molecule is CCc1ccc(NC(=O)c2ccc3nc(C(F)(F)F)[nH]c3c2)cc1. The molecule has 0 fully saturated rings. The van der Waals surface area contributed by atoms with Gasteiger partial charge in [-0.25, -0.2) is 4.98 Å². The van der Waals surface area contributed by atoms with Crippen molar-refractivity contribution >= 4 is 22.6 Å². The van der Waals surface area contributed by atoms with E-state index in [1.165, 1.54) is 18.2 Å². The number of benzene rings is 2. The van der Waals surface area contributed by atoms with E-state index in [4.69, 9.17) is 0 Å². The average Bonchev–Trinajstić information content (AvgIpc) is 2.99. The number of amides is 1. The lowest BCUT2D eigenvalue weighted by Crippen LogP contribution is -2.11. The van der Waals surface area contributed by atoms with Gasteiger partial charge in [0.15, 0.2) is 0 Å². The maximum absolute atomic E-state index is 12.7. The highest BCUT2D eigenvalue weighted by atomic mass is 19.4. The van der Waals surface area contributed by atoms with Crippen LogP contribution in [0.3, 0.4) is 0 Å². The van der Waals surface area contributed by atoms with E-state index in [-0.39, 0.29) is 16.6 Å². The van der Waals surface area contributed by atoms with Crippen LogP contribution in [0.15, 0.2) is 42.5 Å². The molecule has 1 aromatic heterocycles. The molecule has 2 aromatic carbocycles. The Kier molecular flexibility index (Phi) is 4.01. The van der Waals surface area contributed by atoms with Crippen LogP contribution in [-0.4, -0.2) is 15.9 Å². The zero-order valence-corrected chi connectivity index (χ0v) is 12.7. The lowest BCUT2D eigenvalue weighted by molar-refractivity contribution is -0.144. The Morgan fingerprint density at radius 3 is 2.50 bits per heavy atom. The van der Waals surface area contributed by atoms with E-state index in [2.05, 4.69) is 15.3 Å². The Morgan fingerprint density at radius 1 is 1.17 bits per heavy atom.